The molecule has 0 N–H and O–H groups in total. The Morgan fingerprint density at radius 1 is 1.50 bits per heavy atom. The maximum atomic E-state index is 5.06. The number of rotatable bonds is 1. The van der Waals surface area contributed by atoms with E-state index in [1.54, 1.807) is 19.4 Å². The third kappa shape index (κ3) is 1.11. The van der Waals surface area contributed by atoms with Crippen LogP contribution >= 0.6 is 0 Å². The molecule has 0 bridgehead atoms. The average molecular weight is 158 g/mol. The minimum Gasteiger partial charge on any atom is -0.497 e. The minimum atomic E-state index is 0.815. The van der Waals surface area contributed by atoms with Gasteiger partial charge in [0.1, 0.15) is 5.75 Å². The van der Waals surface area contributed by atoms with Crippen LogP contribution in [0.3, 0.4) is 0 Å². The monoisotopic (exact) mass is 158 g/mol. The molecular weight excluding hydrogens is 150 g/mol. The standard InChI is InChI=1S/C10H8NO/c1-12-9-4-5-10-8(7-9)3-2-6-11-10/h2-4,6-7H,1H3. The van der Waals surface area contributed by atoms with Crippen LogP contribution in [0.25, 0.3) is 10.9 Å². The van der Waals surface area contributed by atoms with Gasteiger partial charge in [-0.3, -0.25) is 4.98 Å². The Morgan fingerprint density at radius 3 is 3.25 bits per heavy atom. The maximum Gasteiger partial charge on any atom is 0.120 e. The number of hydrogen-bond acceptors (Lipinski definition) is 2. The van der Waals surface area contributed by atoms with Crippen molar-refractivity contribution in [3.05, 3.63) is 36.5 Å². The quantitative estimate of drug-likeness (QED) is 0.633. The van der Waals surface area contributed by atoms with Crippen LogP contribution in [-0.2, 0) is 0 Å². The minimum absolute atomic E-state index is 0.815. The van der Waals surface area contributed by atoms with E-state index >= 15 is 0 Å². The first-order valence-electron chi connectivity index (χ1n) is 3.70. The molecule has 1 aromatic heterocycles. The van der Waals surface area contributed by atoms with Crippen molar-refractivity contribution < 1.29 is 4.74 Å². The molecule has 0 aliphatic heterocycles. The van der Waals surface area contributed by atoms with Gasteiger partial charge in [0, 0.05) is 17.6 Å². The summed E-state index contributed by atoms with van der Waals surface area (Å²) >= 11 is 0. The molecule has 0 spiro atoms. The van der Waals surface area contributed by atoms with Crippen LogP contribution in [-0.4, -0.2) is 12.1 Å². The smallest absolute Gasteiger partial charge is 0.120 e. The normalized spacial score (nSPS) is 10.1. The summed E-state index contributed by atoms with van der Waals surface area (Å²) in [5.74, 6) is 0.815. The molecule has 1 aromatic carbocycles. The topological polar surface area (TPSA) is 22.1 Å². The molecule has 0 aliphatic carbocycles. The Hall–Kier alpha value is -1.57. The lowest BCUT2D eigenvalue weighted by Gasteiger charge is -1.99. The van der Waals surface area contributed by atoms with E-state index < -0.39 is 0 Å². The summed E-state index contributed by atoms with van der Waals surface area (Å²) in [4.78, 5) is 4.15. The van der Waals surface area contributed by atoms with Crippen LogP contribution in [0.15, 0.2) is 30.5 Å². The van der Waals surface area contributed by atoms with Gasteiger partial charge >= 0.3 is 0 Å². The van der Waals surface area contributed by atoms with Crippen molar-refractivity contribution in [2.75, 3.05) is 7.11 Å². The van der Waals surface area contributed by atoms with Gasteiger partial charge in [0.2, 0.25) is 0 Å². The molecule has 0 saturated carbocycles. The SMILES string of the molecule is COc1c[c]c2ncccc2c1. The van der Waals surface area contributed by atoms with Crippen LogP contribution in [0.1, 0.15) is 0 Å². The van der Waals surface area contributed by atoms with Crippen LogP contribution in [0.5, 0.6) is 5.75 Å². The number of pyridine rings is 1. The second-order valence-corrected chi connectivity index (χ2v) is 2.48. The molecule has 2 heteroatoms. The summed E-state index contributed by atoms with van der Waals surface area (Å²) in [7, 11) is 1.64. The van der Waals surface area contributed by atoms with Crippen molar-refractivity contribution in [3.8, 4) is 5.75 Å². The van der Waals surface area contributed by atoms with E-state index in [9.17, 15) is 0 Å². The Bertz CT molecular complexity index is 398. The largest absolute Gasteiger partial charge is 0.497 e. The van der Waals surface area contributed by atoms with Gasteiger partial charge in [0.15, 0.2) is 0 Å². The number of fused-ring (bicyclic) bond motifs is 1. The second kappa shape index (κ2) is 2.81. The number of hydrogen-bond donors (Lipinski definition) is 0. The zero-order valence-electron chi connectivity index (χ0n) is 6.74. The Morgan fingerprint density at radius 2 is 2.42 bits per heavy atom. The summed E-state index contributed by atoms with van der Waals surface area (Å²) < 4.78 is 5.06. The van der Waals surface area contributed by atoms with E-state index in [0.717, 1.165) is 16.7 Å². The molecular formula is C10H8NO. The van der Waals surface area contributed by atoms with Crippen LogP contribution in [0.4, 0.5) is 0 Å². The lowest BCUT2D eigenvalue weighted by molar-refractivity contribution is 0.415. The number of benzene rings is 1. The maximum absolute atomic E-state index is 5.06. The number of aromatic nitrogens is 1. The molecule has 2 aromatic rings. The predicted molar refractivity (Wildman–Crippen MR) is 47.1 cm³/mol. The molecule has 2 rings (SSSR count). The van der Waals surface area contributed by atoms with E-state index in [1.807, 2.05) is 18.2 Å². The highest BCUT2D eigenvalue weighted by Gasteiger charge is 1.95. The summed E-state index contributed by atoms with van der Waals surface area (Å²) in [6, 6.07) is 10.7. The molecule has 0 atom stereocenters. The molecule has 0 fully saturated rings. The molecule has 1 radical (unpaired) electrons. The van der Waals surface area contributed by atoms with Gasteiger partial charge < -0.3 is 4.74 Å². The summed E-state index contributed by atoms with van der Waals surface area (Å²) in [6.45, 7) is 0. The zero-order valence-corrected chi connectivity index (χ0v) is 6.74. The molecule has 0 amide bonds. The van der Waals surface area contributed by atoms with Crippen molar-refractivity contribution in [1.82, 2.24) is 4.98 Å². The van der Waals surface area contributed by atoms with Gasteiger partial charge in [-0.25, -0.2) is 0 Å². The van der Waals surface area contributed by atoms with Crippen LogP contribution in [0.2, 0.25) is 0 Å². The van der Waals surface area contributed by atoms with E-state index in [2.05, 4.69) is 11.1 Å². The molecule has 0 aliphatic rings. The Kier molecular flexibility index (Phi) is 1.67. The first-order valence-corrected chi connectivity index (χ1v) is 3.70. The highest BCUT2D eigenvalue weighted by atomic mass is 16.5. The highest BCUT2D eigenvalue weighted by molar-refractivity contribution is 5.79. The summed E-state index contributed by atoms with van der Waals surface area (Å²) in [5, 5.41) is 1.05. The first-order chi connectivity index (χ1) is 5.90. The van der Waals surface area contributed by atoms with Crippen molar-refractivity contribution >= 4 is 10.9 Å². The molecule has 1 heterocycles. The summed E-state index contributed by atoms with van der Waals surface area (Å²) in [6.07, 6.45) is 1.76. The van der Waals surface area contributed by atoms with Crippen LogP contribution in [0, 0.1) is 6.07 Å². The third-order valence-corrected chi connectivity index (χ3v) is 1.72. The van der Waals surface area contributed by atoms with Crippen LogP contribution < -0.4 is 4.74 Å². The predicted octanol–water partition coefficient (Wildman–Crippen LogP) is 2.04. The van der Waals surface area contributed by atoms with Gasteiger partial charge in [-0.15, -0.1) is 0 Å². The zero-order chi connectivity index (χ0) is 8.39. The molecule has 59 valence electrons. The number of ether oxygens (including phenoxy) is 1. The lowest BCUT2D eigenvalue weighted by Crippen LogP contribution is -1.83. The van der Waals surface area contributed by atoms with Gasteiger partial charge in [0.05, 0.1) is 12.6 Å². The van der Waals surface area contributed by atoms with Gasteiger partial charge in [0.25, 0.3) is 0 Å². The van der Waals surface area contributed by atoms with E-state index in [1.165, 1.54) is 0 Å². The fourth-order valence-corrected chi connectivity index (χ4v) is 1.11. The average Bonchev–Trinajstić information content (AvgIpc) is 2.17. The van der Waals surface area contributed by atoms with E-state index in [4.69, 9.17) is 4.74 Å². The van der Waals surface area contributed by atoms with Crippen molar-refractivity contribution in [2.24, 2.45) is 0 Å². The molecule has 0 unspecified atom stereocenters. The molecule has 2 nitrogen and oxygen atoms in total. The molecule has 0 saturated heterocycles. The van der Waals surface area contributed by atoms with Gasteiger partial charge in [-0.2, -0.15) is 0 Å². The van der Waals surface area contributed by atoms with Gasteiger partial charge in [-0.1, -0.05) is 6.07 Å². The fourth-order valence-electron chi connectivity index (χ4n) is 1.11. The van der Waals surface area contributed by atoms with E-state index in [0.29, 0.717) is 0 Å². The van der Waals surface area contributed by atoms with Crippen molar-refractivity contribution in [2.45, 2.75) is 0 Å². The fraction of sp³-hybridized carbons (Fsp3) is 0.100. The van der Waals surface area contributed by atoms with Crippen molar-refractivity contribution in [3.63, 3.8) is 0 Å². The Balaban J connectivity index is 2.67. The summed E-state index contributed by atoms with van der Waals surface area (Å²) in [5.41, 5.74) is 0.873. The Labute approximate surface area is 70.8 Å². The number of nitrogens with zero attached hydrogens (tertiary/aromatic N) is 1. The number of methoxy groups -OCH3 is 1. The van der Waals surface area contributed by atoms with Crippen molar-refractivity contribution in [1.29, 1.82) is 0 Å². The first kappa shape index (κ1) is 7.10. The van der Waals surface area contributed by atoms with E-state index in [-0.39, 0.29) is 0 Å². The lowest BCUT2D eigenvalue weighted by atomic mass is 10.2. The molecule has 12 heavy (non-hydrogen) atoms. The van der Waals surface area contributed by atoms with Gasteiger partial charge in [-0.05, 0) is 18.2 Å². The third-order valence-electron chi connectivity index (χ3n) is 1.72. The highest BCUT2D eigenvalue weighted by Crippen LogP contribution is 2.17. The second-order valence-electron chi connectivity index (χ2n) is 2.48.